The molecule has 6 nitrogen and oxygen atoms in total. The number of nitrogens with zero attached hydrogens (tertiary/aromatic N) is 1. The van der Waals surface area contributed by atoms with Crippen molar-refractivity contribution in [3.8, 4) is 11.5 Å². The van der Waals surface area contributed by atoms with E-state index in [4.69, 9.17) is 14.2 Å². The minimum Gasteiger partial charge on any atom is -0.485 e. The van der Waals surface area contributed by atoms with Crippen molar-refractivity contribution in [2.45, 2.75) is 25.9 Å². The number of carbonyl (C=O) groups is 2. The molecule has 3 rings (SSSR count). The highest BCUT2D eigenvalue weighted by Crippen LogP contribution is 2.31. The molecule has 1 amide bonds. The van der Waals surface area contributed by atoms with E-state index in [0.717, 1.165) is 0 Å². The van der Waals surface area contributed by atoms with Crippen LogP contribution in [0.25, 0.3) is 0 Å². The average molecular weight is 319 g/mol. The number of para-hydroxylation sites is 2. The molecule has 2 aliphatic heterocycles. The molecule has 0 aromatic heterocycles. The molecule has 0 spiro atoms. The Morgan fingerprint density at radius 1 is 1.22 bits per heavy atom. The number of likely N-dealkylation sites (tertiary alicyclic amines) is 1. The number of ether oxygens (including phenoxy) is 3. The summed E-state index contributed by atoms with van der Waals surface area (Å²) in [5, 5.41) is 0. The van der Waals surface area contributed by atoms with Crippen molar-refractivity contribution in [2.75, 3.05) is 26.3 Å². The Balaban J connectivity index is 1.55. The maximum absolute atomic E-state index is 12.6. The first-order valence-corrected chi connectivity index (χ1v) is 8.03. The van der Waals surface area contributed by atoms with Crippen molar-refractivity contribution in [3.63, 3.8) is 0 Å². The van der Waals surface area contributed by atoms with Gasteiger partial charge in [-0.3, -0.25) is 9.59 Å². The lowest BCUT2D eigenvalue weighted by atomic mass is 9.96. The fourth-order valence-electron chi connectivity index (χ4n) is 2.94. The van der Waals surface area contributed by atoms with Gasteiger partial charge in [0.2, 0.25) is 6.10 Å². The van der Waals surface area contributed by atoms with Crippen LogP contribution < -0.4 is 9.47 Å². The molecule has 1 atom stereocenters. The third-order valence-corrected chi connectivity index (χ3v) is 4.21. The Bertz CT molecular complexity index is 580. The first-order chi connectivity index (χ1) is 11.2. The molecule has 1 aromatic carbocycles. The molecular weight excluding hydrogens is 298 g/mol. The molecule has 0 N–H and O–H groups in total. The van der Waals surface area contributed by atoms with E-state index < -0.39 is 6.10 Å². The van der Waals surface area contributed by atoms with E-state index in [2.05, 4.69) is 0 Å². The first-order valence-electron chi connectivity index (χ1n) is 8.03. The Morgan fingerprint density at radius 3 is 2.61 bits per heavy atom. The monoisotopic (exact) mass is 319 g/mol. The molecule has 0 aliphatic carbocycles. The predicted molar refractivity (Wildman–Crippen MR) is 82.3 cm³/mol. The SMILES string of the molecule is CCOC(=O)C1CCN(C(=O)[C@@H]2COc3ccccc3O2)CC1. The van der Waals surface area contributed by atoms with Gasteiger partial charge >= 0.3 is 5.97 Å². The molecule has 1 saturated heterocycles. The zero-order valence-corrected chi connectivity index (χ0v) is 13.2. The van der Waals surface area contributed by atoms with Crippen LogP contribution in [0, 0.1) is 5.92 Å². The summed E-state index contributed by atoms with van der Waals surface area (Å²) in [4.78, 5) is 26.1. The number of hydrogen-bond acceptors (Lipinski definition) is 5. The van der Waals surface area contributed by atoms with Gasteiger partial charge in [0.1, 0.15) is 6.61 Å². The number of esters is 1. The molecule has 0 saturated carbocycles. The van der Waals surface area contributed by atoms with Gasteiger partial charge in [0.15, 0.2) is 11.5 Å². The predicted octanol–water partition coefficient (Wildman–Crippen LogP) is 1.63. The molecule has 1 fully saturated rings. The molecule has 0 radical (unpaired) electrons. The molecule has 124 valence electrons. The minimum atomic E-state index is -0.621. The van der Waals surface area contributed by atoms with Crippen molar-refractivity contribution in [1.82, 2.24) is 4.90 Å². The minimum absolute atomic E-state index is 0.0817. The van der Waals surface area contributed by atoms with E-state index in [1.165, 1.54) is 0 Å². The molecule has 0 unspecified atom stereocenters. The number of rotatable bonds is 3. The molecule has 2 aliphatic rings. The standard InChI is InChI=1S/C17H21NO5/c1-2-21-17(20)12-7-9-18(10-8-12)16(19)15-11-22-13-5-3-4-6-14(13)23-15/h3-6,12,15H,2,7-11H2,1H3/t15-/m0/s1. The van der Waals surface area contributed by atoms with Gasteiger partial charge < -0.3 is 19.1 Å². The molecule has 23 heavy (non-hydrogen) atoms. The van der Waals surface area contributed by atoms with Crippen LogP contribution in [0.1, 0.15) is 19.8 Å². The fourth-order valence-corrected chi connectivity index (χ4v) is 2.94. The van der Waals surface area contributed by atoms with Crippen LogP contribution in [-0.2, 0) is 14.3 Å². The lowest BCUT2D eigenvalue weighted by Crippen LogP contribution is -2.49. The highest BCUT2D eigenvalue weighted by Gasteiger charge is 2.34. The summed E-state index contributed by atoms with van der Waals surface area (Å²) in [7, 11) is 0. The molecule has 6 heteroatoms. The smallest absolute Gasteiger partial charge is 0.309 e. The van der Waals surface area contributed by atoms with Crippen molar-refractivity contribution in [3.05, 3.63) is 24.3 Å². The molecule has 1 aromatic rings. The largest absolute Gasteiger partial charge is 0.485 e. The summed E-state index contributed by atoms with van der Waals surface area (Å²) in [5.41, 5.74) is 0. The van der Waals surface area contributed by atoms with E-state index in [-0.39, 0.29) is 24.4 Å². The second-order valence-electron chi connectivity index (χ2n) is 5.72. The Hall–Kier alpha value is -2.24. The number of hydrogen-bond donors (Lipinski definition) is 0. The van der Waals surface area contributed by atoms with E-state index in [1.54, 1.807) is 17.9 Å². The summed E-state index contributed by atoms with van der Waals surface area (Å²) in [5.74, 6) is 0.909. The summed E-state index contributed by atoms with van der Waals surface area (Å²) < 4.78 is 16.4. The van der Waals surface area contributed by atoms with Crippen LogP contribution in [0.5, 0.6) is 11.5 Å². The van der Waals surface area contributed by atoms with E-state index >= 15 is 0 Å². The van der Waals surface area contributed by atoms with Gasteiger partial charge in [0.05, 0.1) is 12.5 Å². The number of amides is 1. The maximum Gasteiger partial charge on any atom is 0.309 e. The highest BCUT2D eigenvalue weighted by molar-refractivity contribution is 5.82. The normalized spacial score (nSPS) is 20.9. The lowest BCUT2D eigenvalue weighted by molar-refractivity contribution is -0.153. The van der Waals surface area contributed by atoms with Crippen molar-refractivity contribution in [2.24, 2.45) is 5.92 Å². The van der Waals surface area contributed by atoms with Gasteiger partial charge in [0.25, 0.3) is 5.91 Å². The second kappa shape index (κ2) is 6.89. The highest BCUT2D eigenvalue weighted by atomic mass is 16.6. The number of fused-ring (bicyclic) bond motifs is 1. The van der Waals surface area contributed by atoms with Crippen LogP contribution in [0.2, 0.25) is 0 Å². The Morgan fingerprint density at radius 2 is 1.91 bits per heavy atom. The Kier molecular flexibility index (Phi) is 4.69. The van der Waals surface area contributed by atoms with Crippen molar-refractivity contribution < 1.29 is 23.8 Å². The number of benzene rings is 1. The average Bonchev–Trinajstić information content (AvgIpc) is 2.61. The van der Waals surface area contributed by atoms with Gasteiger partial charge in [0, 0.05) is 13.1 Å². The summed E-state index contributed by atoms with van der Waals surface area (Å²) in [6.07, 6.45) is 0.646. The number of carbonyl (C=O) groups excluding carboxylic acids is 2. The fraction of sp³-hybridized carbons (Fsp3) is 0.529. The Labute approximate surface area is 135 Å². The molecular formula is C17H21NO5. The molecule has 0 bridgehead atoms. The zero-order chi connectivity index (χ0) is 16.2. The summed E-state index contributed by atoms with van der Waals surface area (Å²) in [6.45, 7) is 3.50. The topological polar surface area (TPSA) is 65.1 Å². The van der Waals surface area contributed by atoms with Crippen molar-refractivity contribution >= 4 is 11.9 Å². The summed E-state index contributed by atoms with van der Waals surface area (Å²) >= 11 is 0. The van der Waals surface area contributed by atoms with E-state index in [0.29, 0.717) is 44.0 Å². The van der Waals surface area contributed by atoms with E-state index in [1.807, 2.05) is 18.2 Å². The van der Waals surface area contributed by atoms with Crippen molar-refractivity contribution in [1.29, 1.82) is 0 Å². The van der Waals surface area contributed by atoms with Crippen LogP contribution in [0.4, 0.5) is 0 Å². The lowest BCUT2D eigenvalue weighted by Gasteiger charge is -2.34. The van der Waals surface area contributed by atoms with Crippen LogP contribution in [-0.4, -0.2) is 49.2 Å². The maximum atomic E-state index is 12.6. The second-order valence-corrected chi connectivity index (χ2v) is 5.72. The van der Waals surface area contributed by atoms with Gasteiger partial charge in [-0.05, 0) is 31.9 Å². The van der Waals surface area contributed by atoms with Crippen LogP contribution >= 0.6 is 0 Å². The van der Waals surface area contributed by atoms with E-state index in [9.17, 15) is 9.59 Å². The quantitative estimate of drug-likeness (QED) is 0.792. The summed E-state index contributed by atoms with van der Waals surface area (Å²) in [6, 6.07) is 7.33. The third-order valence-electron chi connectivity index (χ3n) is 4.21. The molecule has 2 heterocycles. The van der Waals surface area contributed by atoms with Crippen LogP contribution in [0.3, 0.4) is 0 Å². The number of piperidine rings is 1. The van der Waals surface area contributed by atoms with Crippen LogP contribution in [0.15, 0.2) is 24.3 Å². The van der Waals surface area contributed by atoms with Gasteiger partial charge in [-0.1, -0.05) is 12.1 Å². The van der Waals surface area contributed by atoms with Gasteiger partial charge in [-0.2, -0.15) is 0 Å². The van der Waals surface area contributed by atoms with Gasteiger partial charge in [-0.15, -0.1) is 0 Å². The zero-order valence-electron chi connectivity index (χ0n) is 13.2. The first kappa shape index (κ1) is 15.6. The third kappa shape index (κ3) is 3.41. The van der Waals surface area contributed by atoms with Gasteiger partial charge in [-0.25, -0.2) is 0 Å².